The van der Waals surface area contributed by atoms with E-state index in [0.717, 1.165) is 13.1 Å². The van der Waals surface area contributed by atoms with Gasteiger partial charge in [0.1, 0.15) is 5.82 Å². The first-order valence-electron chi connectivity index (χ1n) is 6.69. The van der Waals surface area contributed by atoms with Crippen LogP contribution >= 0.6 is 0 Å². The molecule has 0 aromatic heterocycles. The Labute approximate surface area is 113 Å². The highest BCUT2D eigenvalue weighted by molar-refractivity contribution is 5.81. The summed E-state index contributed by atoms with van der Waals surface area (Å²) in [6, 6.07) is 6.33. The van der Waals surface area contributed by atoms with Gasteiger partial charge in [-0.2, -0.15) is 0 Å². The fourth-order valence-electron chi connectivity index (χ4n) is 2.82. The molecule has 1 aromatic rings. The summed E-state index contributed by atoms with van der Waals surface area (Å²) in [5.41, 5.74) is -0.149. The molecule has 1 fully saturated rings. The maximum absolute atomic E-state index is 13.0. The Morgan fingerprint density at radius 3 is 2.21 bits per heavy atom. The molecule has 0 bridgehead atoms. The van der Waals surface area contributed by atoms with E-state index < -0.39 is 11.4 Å². The topological polar surface area (TPSA) is 40.5 Å². The van der Waals surface area contributed by atoms with Crippen molar-refractivity contribution in [1.82, 2.24) is 4.90 Å². The molecule has 2 rings (SSSR count). The molecule has 0 unspecified atom stereocenters. The van der Waals surface area contributed by atoms with Crippen molar-refractivity contribution in [3.05, 3.63) is 35.6 Å². The summed E-state index contributed by atoms with van der Waals surface area (Å²) in [5, 5.41) is 9.62. The summed E-state index contributed by atoms with van der Waals surface area (Å²) >= 11 is 0. The van der Waals surface area contributed by atoms with Crippen LogP contribution in [0.5, 0.6) is 0 Å². The highest BCUT2D eigenvalue weighted by atomic mass is 19.1. The SMILES string of the molecule is CC(C)N1CCC(C(=O)O)(c2ccc(F)cc2)CC1. The first-order chi connectivity index (χ1) is 8.95. The molecule has 19 heavy (non-hydrogen) atoms. The van der Waals surface area contributed by atoms with Crippen LogP contribution in [0.1, 0.15) is 32.3 Å². The van der Waals surface area contributed by atoms with Crippen LogP contribution in [0, 0.1) is 5.82 Å². The molecule has 0 aliphatic carbocycles. The van der Waals surface area contributed by atoms with E-state index in [1.54, 1.807) is 12.1 Å². The number of halogens is 1. The zero-order chi connectivity index (χ0) is 14.0. The third-order valence-corrected chi connectivity index (χ3v) is 4.19. The number of carboxylic acids is 1. The van der Waals surface area contributed by atoms with E-state index in [0.29, 0.717) is 24.4 Å². The Bertz CT molecular complexity index is 448. The second-order valence-electron chi connectivity index (χ2n) is 5.52. The van der Waals surface area contributed by atoms with Gasteiger partial charge in [0, 0.05) is 6.04 Å². The molecule has 0 saturated carbocycles. The van der Waals surface area contributed by atoms with E-state index in [4.69, 9.17) is 0 Å². The van der Waals surface area contributed by atoms with Crippen LogP contribution in [0.15, 0.2) is 24.3 Å². The number of likely N-dealkylation sites (tertiary alicyclic amines) is 1. The number of hydrogen-bond acceptors (Lipinski definition) is 2. The van der Waals surface area contributed by atoms with Gasteiger partial charge in [-0.05, 0) is 57.5 Å². The summed E-state index contributed by atoms with van der Waals surface area (Å²) in [7, 11) is 0. The zero-order valence-electron chi connectivity index (χ0n) is 11.4. The lowest BCUT2D eigenvalue weighted by Gasteiger charge is -2.40. The number of benzene rings is 1. The predicted octanol–water partition coefficient (Wildman–Crippen LogP) is 2.65. The van der Waals surface area contributed by atoms with Crippen molar-refractivity contribution in [2.75, 3.05) is 13.1 Å². The van der Waals surface area contributed by atoms with Gasteiger partial charge in [-0.15, -0.1) is 0 Å². The molecule has 0 radical (unpaired) electrons. The van der Waals surface area contributed by atoms with Gasteiger partial charge in [0.25, 0.3) is 0 Å². The number of rotatable bonds is 3. The third-order valence-electron chi connectivity index (χ3n) is 4.19. The summed E-state index contributed by atoms with van der Waals surface area (Å²) in [6.45, 7) is 5.76. The van der Waals surface area contributed by atoms with Crippen LogP contribution in [0.3, 0.4) is 0 Å². The fourth-order valence-corrected chi connectivity index (χ4v) is 2.82. The monoisotopic (exact) mass is 265 g/mol. The number of carbonyl (C=O) groups is 1. The standard InChI is InChI=1S/C15H20FNO2/c1-11(2)17-9-7-15(8-10-17,14(18)19)12-3-5-13(16)6-4-12/h3-6,11H,7-10H2,1-2H3,(H,18,19). The number of piperidine rings is 1. The minimum absolute atomic E-state index is 0.330. The van der Waals surface area contributed by atoms with E-state index in [9.17, 15) is 14.3 Å². The van der Waals surface area contributed by atoms with Crippen molar-refractivity contribution in [2.45, 2.75) is 38.1 Å². The Balaban J connectivity index is 2.26. The summed E-state index contributed by atoms with van der Waals surface area (Å²) < 4.78 is 13.0. The van der Waals surface area contributed by atoms with E-state index in [-0.39, 0.29) is 5.82 Å². The van der Waals surface area contributed by atoms with Gasteiger partial charge in [-0.3, -0.25) is 4.79 Å². The van der Waals surface area contributed by atoms with Crippen LogP contribution in [-0.4, -0.2) is 35.1 Å². The molecule has 1 aliphatic heterocycles. The van der Waals surface area contributed by atoms with Crippen molar-refractivity contribution in [3.63, 3.8) is 0 Å². The van der Waals surface area contributed by atoms with Gasteiger partial charge in [0.15, 0.2) is 0 Å². The average Bonchev–Trinajstić information content (AvgIpc) is 2.39. The van der Waals surface area contributed by atoms with Gasteiger partial charge >= 0.3 is 5.97 Å². The summed E-state index contributed by atoms with van der Waals surface area (Å²) in [5.74, 6) is -1.13. The fraction of sp³-hybridized carbons (Fsp3) is 0.533. The first kappa shape index (κ1) is 14.0. The van der Waals surface area contributed by atoms with E-state index >= 15 is 0 Å². The lowest BCUT2D eigenvalue weighted by atomic mass is 9.72. The molecule has 0 atom stereocenters. The van der Waals surface area contributed by atoms with Crippen molar-refractivity contribution in [3.8, 4) is 0 Å². The normalized spacial score (nSPS) is 19.6. The Morgan fingerprint density at radius 2 is 1.79 bits per heavy atom. The molecule has 3 nitrogen and oxygen atoms in total. The summed E-state index contributed by atoms with van der Waals surface area (Å²) in [6.07, 6.45) is 1.15. The minimum Gasteiger partial charge on any atom is -0.481 e. The van der Waals surface area contributed by atoms with E-state index in [1.165, 1.54) is 12.1 Å². The Morgan fingerprint density at radius 1 is 1.26 bits per heavy atom. The minimum atomic E-state index is -0.862. The lowest BCUT2D eigenvalue weighted by Crippen LogP contribution is -2.49. The average molecular weight is 265 g/mol. The predicted molar refractivity (Wildman–Crippen MR) is 71.7 cm³/mol. The molecule has 1 aromatic carbocycles. The van der Waals surface area contributed by atoms with Gasteiger partial charge in [-0.25, -0.2) is 4.39 Å². The smallest absolute Gasteiger partial charge is 0.314 e. The van der Waals surface area contributed by atoms with Crippen LogP contribution in [0.2, 0.25) is 0 Å². The van der Waals surface area contributed by atoms with Crippen LogP contribution in [0.4, 0.5) is 4.39 Å². The van der Waals surface area contributed by atoms with E-state index in [1.807, 2.05) is 0 Å². The molecule has 1 saturated heterocycles. The Kier molecular flexibility index (Phi) is 3.90. The second kappa shape index (κ2) is 5.29. The van der Waals surface area contributed by atoms with Crippen LogP contribution < -0.4 is 0 Å². The number of nitrogens with zero attached hydrogens (tertiary/aromatic N) is 1. The second-order valence-corrected chi connectivity index (χ2v) is 5.52. The largest absolute Gasteiger partial charge is 0.481 e. The van der Waals surface area contributed by atoms with Crippen molar-refractivity contribution in [2.24, 2.45) is 0 Å². The highest BCUT2D eigenvalue weighted by Crippen LogP contribution is 2.36. The quantitative estimate of drug-likeness (QED) is 0.913. The molecule has 1 N–H and O–H groups in total. The van der Waals surface area contributed by atoms with Gasteiger partial charge in [-0.1, -0.05) is 12.1 Å². The van der Waals surface area contributed by atoms with Gasteiger partial charge in [0.2, 0.25) is 0 Å². The zero-order valence-corrected chi connectivity index (χ0v) is 11.4. The molecule has 1 heterocycles. The van der Waals surface area contributed by atoms with Gasteiger partial charge < -0.3 is 10.0 Å². The number of hydrogen-bond donors (Lipinski definition) is 1. The molecule has 104 valence electrons. The van der Waals surface area contributed by atoms with Crippen LogP contribution in [-0.2, 0) is 10.2 Å². The summed E-state index contributed by atoms with van der Waals surface area (Å²) in [4.78, 5) is 14.0. The molecular formula is C15H20FNO2. The lowest BCUT2D eigenvalue weighted by molar-refractivity contribution is -0.146. The maximum Gasteiger partial charge on any atom is 0.314 e. The van der Waals surface area contributed by atoms with Gasteiger partial charge in [0.05, 0.1) is 5.41 Å². The Hall–Kier alpha value is -1.42. The van der Waals surface area contributed by atoms with Crippen molar-refractivity contribution < 1.29 is 14.3 Å². The van der Waals surface area contributed by atoms with E-state index in [2.05, 4.69) is 18.7 Å². The molecular weight excluding hydrogens is 245 g/mol. The van der Waals surface area contributed by atoms with Crippen LogP contribution in [0.25, 0.3) is 0 Å². The molecule has 0 amide bonds. The number of carboxylic acid groups (broad SMARTS) is 1. The molecule has 1 aliphatic rings. The van der Waals surface area contributed by atoms with Crippen molar-refractivity contribution in [1.29, 1.82) is 0 Å². The first-order valence-corrected chi connectivity index (χ1v) is 6.69. The highest BCUT2D eigenvalue weighted by Gasteiger charge is 2.43. The van der Waals surface area contributed by atoms with Crippen molar-refractivity contribution >= 4 is 5.97 Å². The maximum atomic E-state index is 13.0. The molecule has 0 spiro atoms. The number of aliphatic carboxylic acids is 1. The third kappa shape index (κ3) is 2.63. The molecule has 4 heteroatoms.